The number of ether oxygens (including phenoxy) is 2. The van der Waals surface area contributed by atoms with Crippen molar-refractivity contribution in [2.24, 2.45) is 5.73 Å². The lowest BCUT2D eigenvalue weighted by Gasteiger charge is -2.19. The minimum absolute atomic E-state index is 0. The van der Waals surface area contributed by atoms with E-state index in [1.54, 1.807) is 19.2 Å². The Morgan fingerprint density at radius 3 is 2.44 bits per heavy atom. The van der Waals surface area contributed by atoms with Crippen molar-refractivity contribution in [3.63, 3.8) is 0 Å². The van der Waals surface area contributed by atoms with Gasteiger partial charge in [-0.25, -0.2) is 0 Å². The average molecular weight is 413 g/mol. The lowest BCUT2D eigenvalue weighted by Crippen LogP contribution is -2.10. The van der Waals surface area contributed by atoms with E-state index in [1.807, 2.05) is 13.0 Å². The second-order valence-corrected chi connectivity index (χ2v) is 6.59. The summed E-state index contributed by atoms with van der Waals surface area (Å²) in [4.78, 5) is 11.3. The fraction of sp³-hybridized carbons (Fsp3) is 0.350. The number of rotatable bonds is 8. The number of nitrogens with two attached hydrogens (primary N) is 2. The van der Waals surface area contributed by atoms with Crippen LogP contribution in [0.2, 0.25) is 5.02 Å². The van der Waals surface area contributed by atoms with Crippen LogP contribution in [0.15, 0.2) is 24.3 Å². The maximum Gasteiger partial charge on any atom is 0.248 e. The first-order valence-electron chi connectivity index (χ1n) is 8.62. The summed E-state index contributed by atoms with van der Waals surface area (Å²) in [6.07, 6.45) is 4.00. The van der Waals surface area contributed by atoms with E-state index in [-0.39, 0.29) is 12.4 Å². The van der Waals surface area contributed by atoms with E-state index < -0.39 is 5.91 Å². The van der Waals surface area contributed by atoms with Gasteiger partial charge in [-0.1, -0.05) is 31.4 Å². The van der Waals surface area contributed by atoms with E-state index in [1.165, 1.54) is 6.07 Å². The molecule has 0 spiro atoms. The second kappa shape index (κ2) is 10.3. The lowest BCUT2D eigenvalue weighted by atomic mass is 10.0. The van der Waals surface area contributed by atoms with Gasteiger partial charge in [-0.05, 0) is 49.6 Å². The highest BCUT2D eigenvalue weighted by Crippen LogP contribution is 2.41. The third-order valence-electron chi connectivity index (χ3n) is 4.26. The number of methoxy groups -OCH3 is 1. The van der Waals surface area contributed by atoms with Crippen molar-refractivity contribution in [3.8, 4) is 17.2 Å². The maximum absolute atomic E-state index is 11.3. The maximum atomic E-state index is 11.3. The summed E-state index contributed by atoms with van der Waals surface area (Å²) in [5.74, 6) is 1.20. The Labute approximate surface area is 171 Å². The first-order chi connectivity index (χ1) is 12.4. The van der Waals surface area contributed by atoms with Gasteiger partial charge >= 0.3 is 0 Å². The number of amides is 1. The van der Waals surface area contributed by atoms with Crippen molar-refractivity contribution in [2.75, 3.05) is 12.8 Å². The normalized spacial score (nSPS) is 10.2. The van der Waals surface area contributed by atoms with Crippen molar-refractivity contribution in [1.29, 1.82) is 0 Å². The highest BCUT2D eigenvalue weighted by Gasteiger charge is 2.18. The van der Waals surface area contributed by atoms with Gasteiger partial charge in [0.2, 0.25) is 5.91 Å². The molecule has 0 aromatic heterocycles. The molecule has 1 amide bonds. The predicted molar refractivity (Wildman–Crippen MR) is 113 cm³/mol. The minimum Gasteiger partial charge on any atom is -0.494 e. The number of carbonyl (C=O) groups is 1. The predicted octanol–water partition coefficient (Wildman–Crippen LogP) is 5.28. The van der Waals surface area contributed by atoms with E-state index >= 15 is 0 Å². The number of unbranched alkanes of at least 4 members (excludes halogenated alkanes) is 2. The molecule has 7 heteroatoms. The Bertz CT molecular complexity index is 810. The molecule has 0 atom stereocenters. The highest BCUT2D eigenvalue weighted by molar-refractivity contribution is 6.32. The Morgan fingerprint density at radius 2 is 1.89 bits per heavy atom. The van der Waals surface area contributed by atoms with Crippen LogP contribution in [-0.2, 0) is 6.42 Å². The topological polar surface area (TPSA) is 87.6 Å². The molecule has 4 N–H and O–H groups in total. The monoisotopic (exact) mass is 412 g/mol. The molecule has 2 aromatic carbocycles. The van der Waals surface area contributed by atoms with Gasteiger partial charge in [-0.15, -0.1) is 12.4 Å². The van der Waals surface area contributed by atoms with E-state index in [4.69, 9.17) is 32.5 Å². The van der Waals surface area contributed by atoms with Crippen molar-refractivity contribution in [2.45, 2.75) is 39.5 Å². The number of primary amides is 1. The fourth-order valence-corrected chi connectivity index (χ4v) is 3.00. The molecule has 0 aliphatic rings. The number of benzene rings is 2. The lowest BCUT2D eigenvalue weighted by molar-refractivity contribution is 0.100. The number of anilines is 1. The summed E-state index contributed by atoms with van der Waals surface area (Å²) in [6.45, 7) is 4.05. The van der Waals surface area contributed by atoms with Gasteiger partial charge in [-0.3, -0.25) is 4.79 Å². The standard InChI is InChI=1S/C20H25ClN2O3.ClH/c1-4-5-6-7-14-17(10-12(2)18(22)19(14)25-3)26-16-9-8-13(20(23)24)11-15(16)21;/h8-11H,4-7,22H2,1-3H3,(H2,23,24);1H. The second-order valence-electron chi connectivity index (χ2n) is 6.19. The van der Waals surface area contributed by atoms with Crippen molar-refractivity contribution >= 4 is 35.6 Å². The van der Waals surface area contributed by atoms with Crippen LogP contribution in [0.3, 0.4) is 0 Å². The van der Waals surface area contributed by atoms with Gasteiger partial charge in [0, 0.05) is 11.1 Å². The van der Waals surface area contributed by atoms with E-state index in [2.05, 4.69) is 6.92 Å². The summed E-state index contributed by atoms with van der Waals surface area (Å²) in [7, 11) is 1.60. The van der Waals surface area contributed by atoms with E-state index in [0.29, 0.717) is 33.5 Å². The van der Waals surface area contributed by atoms with Gasteiger partial charge in [0.15, 0.2) is 0 Å². The Hall–Kier alpha value is -2.11. The molecule has 5 nitrogen and oxygen atoms in total. The molecule has 2 rings (SSSR count). The fourth-order valence-electron chi connectivity index (χ4n) is 2.78. The van der Waals surface area contributed by atoms with E-state index in [0.717, 1.165) is 36.8 Å². The molecule has 0 saturated heterocycles. The van der Waals surface area contributed by atoms with Crippen LogP contribution in [0.5, 0.6) is 17.2 Å². The number of nitrogen functional groups attached to an aromatic ring is 1. The molecule has 148 valence electrons. The molecule has 0 heterocycles. The van der Waals surface area contributed by atoms with Crippen molar-refractivity contribution in [1.82, 2.24) is 0 Å². The molecule has 2 aromatic rings. The summed E-state index contributed by atoms with van der Waals surface area (Å²) in [5, 5.41) is 0.314. The van der Waals surface area contributed by atoms with Gasteiger partial charge < -0.3 is 20.9 Å². The van der Waals surface area contributed by atoms with Gasteiger partial charge in [0.1, 0.15) is 17.2 Å². The molecule has 0 unspecified atom stereocenters. The highest BCUT2D eigenvalue weighted by atomic mass is 35.5. The third kappa shape index (κ3) is 5.44. The number of hydrogen-bond donors (Lipinski definition) is 2. The number of halogens is 2. The summed E-state index contributed by atoms with van der Waals surface area (Å²) in [6, 6.07) is 6.60. The van der Waals surface area contributed by atoms with E-state index in [9.17, 15) is 4.79 Å². The van der Waals surface area contributed by atoms with Gasteiger partial charge in [0.05, 0.1) is 17.8 Å². The summed E-state index contributed by atoms with van der Waals surface area (Å²) in [5.41, 5.74) is 14.2. The molecule has 0 fully saturated rings. The Morgan fingerprint density at radius 1 is 1.19 bits per heavy atom. The zero-order valence-corrected chi connectivity index (χ0v) is 17.4. The van der Waals surface area contributed by atoms with Crippen molar-refractivity contribution < 1.29 is 14.3 Å². The summed E-state index contributed by atoms with van der Waals surface area (Å²) >= 11 is 6.26. The molecular weight excluding hydrogens is 387 g/mol. The Kier molecular flexibility index (Phi) is 8.73. The summed E-state index contributed by atoms with van der Waals surface area (Å²) < 4.78 is 11.6. The number of hydrogen-bond acceptors (Lipinski definition) is 4. The molecule has 0 saturated carbocycles. The molecule has 0 aliphatic heterocycles. The first-order valence-corrected chi connectivity index (χ1v) is 9.00. The van der Waals surface area contributed by atoms with Crippen molar-refractivity contribution in [3.05, 3.63) is 46.0 Å². The van der Waals surface area contributed by atoms with Crippen LogP contribution in [0.1, 0.15) is 47.7 Å². The zero-order valence-electron chi connectivity index (χ0n) is 15.8. The zero-order chi connectivity index (χ0) is 19.3. The van der Waals surface area contributed by atoms with Gasteiger partial charge in [-0.2, -0.15) is 0 Å². The molecule has 0 bridgehead atoms. The van der Waals surface area contributed by atoms with Crippen LogP contribution in [-0.4, -0.2) is 13.0 Å². The first kappa shape index (κ1) is 22.9. The minimum atomic E-state index is -0.538. The van der Waals surface area contributed by atoms with Crippen LogP contribution in [0, 0.1) is 6.92 Å². The largest absolute Gasteiger partial charge is 0.494 e. The molecule has 0 radical (unpaired) electrons. The molecule has 27 heavy (non-hydrogen) atoms. The third-order valence-corrected chi connectivity index (χ3v) is 4.55. The van der Waals surface area contributed by atoms with Crippen LogP contribution in [0.4, 0.5) is 5.69 Å². The molecular formula is C20H26Cl2N2O3. The Balaban J connectivity index is 0.00000364. The number of aryl methyl sites for hydroxylation is 1. The van der Waals surface area contributed by atoms with Crippen LogP contribution >= 0.6 is 24.0 Å². The van der Waals surface area contributed by atoms with Crippen LogP contribution in [0.25, 0.3) is 0 Å². The smallest absolute Gasteiger partial charge is 0.248 e. The average Bonchev–Trinajstić information content (AvgIpc) is 2.60. The molecule has 0 aliphatic carbocycles. The quantitative estimate of drug-likeness (QED) is 0.455. The SMILES string of the molecule is CCCCCc1c(Oc2ccc(C(N)=O)cc2Cl)cc(C)c(N)c1OC.Cl. The number of carbonyl (C=O) groups excluding carboxylic acids is 1. The van der Waals surface area contributed by atoms with Gasteiger partial charge in [0.25, 0.3) is 0 Å². The van der Waals surface area contributed by atoms with Crippen LogP contribution < -0.4 is 20.9 Å².